The van der Waals surface area contributed by atoms with Crippen molar-refractivity contribution >= 4 is 25.7 Å². The van der Waals surface area contributed by atoms with Gasteiger partial charge in [-0.05, 0) is 122 Å². The maximum Gasteiger partial charge on any atom is 0.472 e. The molecule has 0 rings (SSSR count). The molecule has 0 aromatic heterocycles. The Balaban J connectivity index is 4.79. The third-order valence-electron chi connectivity index (χ3n) is 12.4. The Bertz CT molecular complexity index is 1770. The minimum Gasteiger partial charge on any atom is -0.462 e. The van der Waals surface area contributed by atoms with Crippen molar-refractivity contribution in [2.75, 3.05) is 26.4 Å². The number of carbonyl (C=O) groups is 3. The number of phosphoric acid groups is 1. The molecule has 0 bridgehead atoms. The predicted octanol–water partition coefficient (Wildman–Crippen LogP) is 18.4. The van der Waals surface area contributed by atoms with Gasteiger partial charge in [-0.25, -0.2) is 4.57 Å². The zero-order chi connectivity index (χ0) is 56.9. The number of unbranched alkanes of at least 4 members (excludes halogenated alkanes) is 18. The van der Waals surface area contributed by atoms with E-state index in [1.807, 2.05) is 0 Å². The molecule has 0 heterocycles. The number of carbonyl (C=O) groups excluding carboxylic acids is 3. The lowest BCUT2D eigenvalue weighted by molar-refractivity contribution is -0.161. The van der Waals surface area contributed by atoms with Gasteiger partial charge in [0.15, 0.2) is 6.10 Å². The fourth-order valence-corrected chi connectivity index (χ4v) is 8.63. The number of hydrogen-bond acceptors (Lipinski definition) is 10. The summed E-state index contributed by atoms with van der Waals surface area (Å²) in [6, 6.07) is 0. The molecule has 3 atom stereocenters. The van der Waals surface area contributed by atoms with Crippen LogP contribution in [0, 0.1) is 0 Å². The molecule has 2 N–H and O–H groups in total. The smallest absolute Gasteiger partial charge is 0.462 e. The van der Waals surface area contributed by atoms with Gasteiger partial charge < -0.3 is 24.2 Å². The first kappa shape index (κ1) is 73.9. The van der Waals surface area contributed by atoms with E-state index in [4.69, 9.17) is 23.3 Å². The van der Waals surface area contributed by atoms with Gasteiger partial charge in [0.2, 0.25) is 0 Å². The minimum atomic E-state index is -4.77. The van der Waals surface area contributed by atoms with E-state index in [9.17, 15) is 28.9 Å². The zero-order valence-electron chi connectivity index (χ0n) is 49.1. The first-order valence-corrected chi connectivity index (χ1v) is 31.9. The normalized spacial score (nSPS) is 14.2. The van der Waals surface area contributed by atoms with Crippen LogP contribution in [0.3, 0.4) is 0 Å². The Labute approximate surface area is 475 Å². The molecule has 3 unspecified atom stereocenters. The lowest BCUT2D eigenvalue weighted by Crippen LogP contribution is -2.30. The van der Waals surface area contributed by atoms with Crippen LogP contribution in [0.5, 0.6) is 0 Å². The third kappa shape index (κ3) is 56.6. The Kier molecular flexibility index (Phi) is 55.9. The molecule has 0 fully saturated rings. The lowest BCUT2D eigenvalue weighted by Gasteiger charge is -2.21. The van der Waals surface area contributed by atoms with Crippen LogP contribution in [0.25, 0.3) is 0 Å². The molecular weight excluding hydrogens is 1000 g/mol. The van der Waals surface area contributed by atoms with E-state index in [1.54, 1.807) is 0 Å². The Morgan fingerprint density at radius 3 is 0.962 bits per heavy atom. The number of aliphatic hydroxyl groups excluding tert-OH is 1. The van der Waals surface area contributed by atoms with Crippen LogP contribution in [0.15, 0.2) is 122 Å². The number of ether oxygens (including phenoxy) is 3. The van der Waals surface area contributed by atoms with Gasteiger partial charge in [0, 0.05) is 19.3 Å². The van der Waals surface area contributed by atoms with E-state index >= 15 is 0 Å². The highest BCUT2D eigenvalue weighted by Crippen LogP contribution is 2.43. The highest BCUT2D eigenvalue weighted by Gasteiger charge is 2.28. The molecule has 0 aliphatic heterocycles. The molecular formula is C66H109O11P. The summed E-state index contributed by atoms with van der Waals surface area (Å²) >= 11 is 0. The van der Waals surface area contributed by atoms with Crippen LogP contribution in [0.1, 0.15) is 239 Å². The van der Waals surface area contributed by atoms with Gasteiger partial charge in [0.1, 0.15) is 12.7 Å². The first-order chi connectivity index (χ1) is 38.2. The van der Waals surface area contributed by atoms with Gasteiger partial charge >= 0.3 is 25.7 Å². The maximum absolute atomic E-state index is 12.9. The molecule has 12 heteroatoms. The maximum atomic E-state index is 12.9. The van der Waals surface area contributed by atoms with Crippen LogP contribution < -0.4 is 0 Å². The summed E-state index contributed by atoms with van der Waals surface area (Å²) in [4.78, 5) is 48.7. The highest BCUT2D eigenvalue weighted by molar-refractivity contribution is 7.47. The van der Waals surface area contributed by atoms with E-state index in [0.717, 1.165) is 167 Å². The molecule has 0 radical (unpaired) electrons. The molecule has 0 aliphatic carbocycles. The largest absolute Gasteiger partial charge is 0.472 e. The minimum absolute atomic E-state index is 0.142. The van der Waals surface area contributed by atoms with E-state index in [0.29, 0.717) is 19.3 Å². The summed E-state index contributed by atoms with van der Waals surface area (Å²) in [6.45, 7) is 4.26. The number of rotatable bonds is 55. The number of phosphoric ester groups is 1. The quantitative estimate of drug-likeness (QED) is 0.0197. The molecule has 0 saturated carbocycles. The molecule has 0 saturated heterocycles. The van der Waals surface area contributed by atoms with Crippen LogP contribution >= 0.6 is 7.82 Å². The second-order valence-corrected chi connectivity index (χ2v) is 21.2. The molecule has 444 valence electrons. The predicted molar refractivity (Wildman–Crippen MR) is 325 cm³/mol. The summed E-state index contributed by atoms with van der Waals surface area (Å²) in [5.74, 6) is -1.52. The fourth-order valence-electron chi connectivity index (χ4n) is 7.85. The fraction of sp³-hybridized carbons (Fsp3) is 0.652. The van der Waals surface area contributed by atoms with Gasteiger partial charge in [-0.1, -0.05) is 219 Å². The second kappa shape index (κ2) is 59.0. The summed E-state index contributed by atoms with van der Waals surface area (Å²) in [6.07, 6.45) is 72.9. The SMILES string of the molecule is CC/C=C\C/C=C\C/C=C\C/C=C\CCCCCCCCC(=O)OC(COC(=O)CCCCCCCCC/C=C\C/C=C\C/C=C\CC)COP(=O)(O)OCC(CO)OC(=O)CCCCCCC/C=C\C/C=C\C/C=C\CC. The second-order valence-electron chi connectivity index (χ2n) is 19.7. The molecule has 78 heavy (non-hydrogen) atoms. The van der Waals surface area contributed by atoms with E-state index in [2.05, 4.69) is 142 Å². The van der Waals surface area contributed by atoms with Crippen molar-refractivity contribution in [3.63, 3.8) is 0 Å². The van der Waals surface area contributed by atoms with Crippen molar-refractivity contribution in [1.82, 2.24) is 0 Å². The van der Waals surface area contributed by atoms with Crippen molar-refractivity contribution < 1.29 is 52.2 Å². The van der Waals surface area contributed by atoms with Crippen LogP contribution in [0.4, 0.5) is 0 Å². The monoisotopic (exact) mass is 1110 g/mol. The van der Waals surface area contributed by atoms with Gasteiger partial charge in [0.25, 0.3) is 0 Å². The number of allylic oxidation sites excluding steroid dienone is 20. The van der Waals surface area contributed by atoms with Gasteiger partial charge in [-0.2, -0.15) is 0 Å². The molecule has 0 aliphatic rings. The number of hydrogen-bond donors (Lipinski definition) is 2. The molecule has 0 aromatic carbocycles. The molecule has 11 nitrogen and oxygen atoms in total. The van der Waals surface area contributed by atoms with Crippen molar-refractivity contribution in [2.24, 2.45) is 0 Å². The van der Waals surface area contributed by atoms with Crippen molar-refractivity contribution in [1.29, 1.82) is 0 Å². The van der Waals surface area contributed by atoms with Crippen LogP contribution in [0.2, 0.25) is 0 Å². The van der Waals surface area contributed by atoms with Crippen molar-refractivity contribution in [3.8, 4) is 0 Å². The summed E-state index contributed by atoms with van der Waals surface area (Å²) in [7, 11) is -4.77. The Hall–Kier alpha value is -4.12. The first-order valence-electron chi connectivity index (χ1n) is 30.4. The van der Waals surface area contributed by atoms with Crippen LogP contribution in [-0.2, 0) is 42.2 Å². The molecule has 0 amide bonds. The molecule has 0 spiro atoms. The average Bonchev–Trinajstić information content (AvgIpc) is 3.43. The number of esters is 3. The van der Waals surface area contributed by atoms with E-state index in [1.165, 1.54) is 12.8 Å². The number of aliphatic hydroxyl groups is 1. The zero-order valence-corrected chi connectivity index (χ0v) is 50.0. The summed E-state index contributed by atoms with van der Waals surface area (Å²) in [5, 5.41) is 9.83. The standard InChI is InChI=1S/C66H109O11P/c1-4-7-10-13-16-19-22-25-28-30-31-33-36-39-42-45-48-51-54-57-66(70)77-63(59-73-64(68)55-52-49-46-43-40-37-35-32-29-26-23-20-17-14-11-8-5-2)61-75-78(71,72)74-60-62(58-67)76-65(69)56-53-50-47-44-41-38-34-27-24-21-18-15-12-9-6-3/h7-12,16-21,25-29,31,33-34,62-63,67H,4-6,13-15,22-24,30,32,35-61H2,1-3H3,(H,71,72)/b10-7-,11-8-,12-9-,19-16-,20-17-,21-18-,28-25-,29-26-,33-31-,34-27-. The molecule has 0 aromatic rings. The van der Waals surface area contributed by atoms with Gasteiger partial charge in [-0.15, -0.1) is 0 Å². The van der Waals surface area contributed by atoms with Crippen molar-refractivity contribution in [2.45, 2.75) is 251 Å². The topological polar surface area (TPSA) is 155 Å². The van der Waals surface area contributed by atoms with E-state index < -0.39 is 57.8 Å². The lowest BCUT2D eigenvalue weighted by atomic mass is 10.1. The van der Waals surface area contributed by atoms with Gasteiger partial charge in [0.05, 0.1) is 19.8 Å². The Morgan fingerprint density at radius 1 is 0.359 bits per heavy atom. The van der Waals surface area contributed by atoms with Gasteiger partial charge in [-0.3, -0.25) is 23.4 Å². The summed E-state index contributed by atoms with van der Waals surface area (Å²) < 4.78 is 39.6. The Morgan fingerprint density at radius 2 is 0.628 bits per heavy atom. The van der Waals surface area contributed by atoms with Crippen molar-refractivity contribution in [3.05, 3.63) is 122 Å². The third-order valence-corrected chi connectivity index (χ3v) is 13.3. The van der Waals surface area contributed by atoms with Crippen LogP contribution in [-0.4, -0.2) is 66.5 Å². The highest BCUT2D eigenvalue weighted by atomic mass is 31.2. The average molecular weight is 1110 g/mol. The summed E-state index contributed by atoms with van der Waals surface area (Å²) in [5.41, 5.74) is 0. The van der Waals surface area contributed by atoms with E-state index in [-0.39, 0.29) is 25.9 Å².